The Bertz CT molecular complexity index is 1830. The summed E-state index contributed by atoms with van der Waals surface area (Å²) in [6.07, 6.45) is 2.88. The molecule has 0 bridgehead atoms. The second kappa shape index (κ2) is 18.5. The van der Waals surface area contributed by atoms with Crippen molar-refractivity contribution in [3.05, 3.63) is 67.2 Å². The molecule has 11 nitrogen and oxygen atoms in total. The first-order chi connectivity index (χ1) is 21.0. The number of thioether (sulfide) groups is 1. The molecule has 2 fully saturated rings. The minimum atomic E-state index is -1.31. The number of carbonyl (C=O) groups excluding carboxylic acids is 2. The van der Waals surface area contributed by atoms with E-state index in [1.165, 1.54) is 12.1 Å². The van der Waals surface area contributed by atoms with Gasteiger partial charge in [0.25, 0.3) is 0 Å². The standard InChI is InChI=1S/C20H9Br2O5.C10H16N2O3S.Hg.2Na.H2O/c21-13-5-11-17(7-15(13)23)27-18-8-16(24)14(22)6-12(18)19(11)9-3-1-2-4-10(9)20(25)26;13-8(14)4-2-1-3-7-9-6(5-16-7)11-10(15)12-9;;;;/h1-7,24H,(H,25,26);6-7,9H,1-5H2,(H,13,14)(H2,11,12,15);;;;1H2/q;;;2*+1;/p-2/t;6-,7-,9-;;;;/m.0..../s1. The molecule has 3 atom stereocenters. The molecule has 2 saturated heterocycles. The first-order valence-electron chi connectivity index (χ1n) is 13.6. The number of carbonyl (C=O) groups is 3. The van der Waals surface area contributed by atoms with Crippen LogP contribution in [0.1, 0.15) is 36.0 Å². The van der Waals surface area contributed by atoms with Crippen molar-refractivity contribution in [2.24, 2.45) is 0 Å². The molecule has 4 aliphatic rings. The van der Waals surface area contributed by atoms with E-state index in [9.17, 15) is 29.4 Å². The number of urea groups is 1. The quantitative estimate of drug-likeness (QED) is 0.0734. The zero-order valence-electron chi connectivity index (χ0n) is 25.5. The monoisotopic (exact) mass is 995 g/mol. The predicted molar refractivity (Wildman–Crippen MR) is 169 cm³/mol. The molecule has 2 aromatic carbocycles. The number of fused-ring (bicyclic) bond motifs is 3. The number of hydrogen-bond donors (Lipinski definition) is 3. The van der Waals surface area contributed by atoms with Crippen molar-refractivity contribution in [1.29, 1.82) is 0 Å². The number of aromatic carboxylic acids is 1. The van der Waals surface area contributed by atoms with Gasteiger partial charge in [-0.15, -0.1) is 0 Å². The fourth-order valence-electron chi connectivity index (χ4n) is 5.47. The second-order valence-corrected chi connectivity index (χ2v) is 16.1. The first-order valence-corrected chi connectivity index (χ1v) is 19.0. The summed E-state index contributed by atoms with van der Waals surface area (Å²) in [5.74, 6) is -0.943. The van der Waals surface area contributed by atoms with Crippen molar-refractivity contribution < 1.29 is 125 Å². The molecular weight excluding hydrogens is 971 g/mol. The zero-order chi connectivity index (χ0) is 31.7. The average Bonchev–Trinajstić information content (AvgIpc) is 3.53. The van der Waals surface area contributed by atoms with E-state index in [0.717, 1.165) is 25.0 Å². The fourth-order valence-corrected chi connectivity index (χ4v) is 10.6. The van der Waals surface area contributed by atoms with Crippen LogP contribution >= 0.6 is 43.6 Å². The number of nitrogens with one attached hydrogen (secondary N) is 2. The summed E-state index contributed by atoms with van der Waals surface area (Å²) in [6, 6.07) is 11.5. The second-order valence-electron chi connectivity index (χ2n) is 10.4. The van der Waals surface area contributed by atoms with Crippen LogP contribution in [0.15, 0.2) is 60.6 Å². The largest absolute Gasteiger partial charge is 1.00 e. The van der Waals surface area contributed by atoms with Crippen LogP contribution in [-0.2, 0) is 30.9 Å². The summed E-state index contributed by atoms with van der Waals surface area (Å²) in [4.78, 5) is 45.3. The van der Waals surface area contributed by atoms with Gasteiger partial charge in [0, 0.05) is 17.4 Å². The van der Waals surface area contributed by atoms with Gasteiger partial charge in [-0.3, -0.25) is 4.79 Å². The van der Waals surface area contributed by atoms with E-state index < -0.39 is 11.9 Å². The van der Waals surface area contributed by atoms with Gasteiger partial charge in [-0.1, -0.05) is 6.42 Å². The number of carboxylic acids is 2. The summed E-state index contributed by atoms with van der Waals surface area (Å²) in [7, 11) is 0. The number of amides is 2. The summed E-state index contributed by atoms with van der Waals surface area (Å²) in [5.41, 5.74) is 1.69. The summed E-state index contributed by atoms with van der Waals surface area (Å²) in [5, 5.41) is 39.5. The zero-order valence-corrected chi connectivity index (χ0v) is 39.0. The van der Waals surface area contributed by atoms with Gasteiger partial charge in [-0.05, 0) is 12.8 Å². The van der Waals surface area contributed by atoms with E-state index in [1.807, 2.05) is 11.8 Å². The summed E-state index contributed by atoms with van der Waals surface area (Å²) >= 11 is 8.34. The van der Waals surface area contributed by atoms with Gasteiger partial charge in [0.2, 0.25) is 0 Å². The Morgan fingerprint density at radius 2 is 1.74 bits per heavy atom. The van der Waals surface area contributed by atoms with Crippen LogP contribution in [0.2, 0.25) is 0 Å². The van der Waals surface area contributed by atoms with Gasteiger partial charge in [0.1, 0.15) is 0 Å². The van der Waals surface area contributed by atoms with E-state index >= 15 is 0 Å². The van der Waals surface area contributed by atoms with Crippen molar-refractivity contribution in [3.8, 4) is 28.2 Å². The molecule has 2 aromatic rings. The molecule has 0 aromatic heterocycles. The molecule has 5 N–H and O–H groups in total. The first kappa shape index (κ1) is 42.5. The van der Waals surface area contributed by atoms with Crippen molar-refractivity contribution >= 4 is 75.6 Å². The van der Waals surface area contributed by atoms with Crippen LogP contribution in [0.25, 0.3) is 33.4 Å². The third-order valence-corrected chi connectivity index (χ3v) is 12.8. The third kappa shape index (κ3) is 9.57. The van der Waals surface area contributed by atoms with Gasteiger partial charge < -0.3 is 21.2 Å². The van der Waals surface area contributed by atoms with Crippen LogP contribution < -0.4 is 88.5 Å². The maximum atomic E-state index is 12.4. The van der Waals surface area contributed by atoms with Crippen molar-refractivity contribution in [2.75, 3.05) is 5.75 Å². The molecule has 2 amide bonds. The van der Waals surface area contributed by atoms with Crippen LogP contribution in [0.5, 0.6) is 5.75 Å². The number of halogens is 2. The number of benzene rings is 3. The van der Waals surface area contributed by atoms with E-state index in [-0.39, 0.29) is 138 Å². The summed E-state index contributed by atoms with van der Waals surface area (Å²) < 4.78 is 7.22. The van der Waals surface area contributed by atoms with Crippen LogP contribution in [0, 0.1) is 0 Å². The Hall–Kier alpha value is -0.655. The van der Waals surface area contributed by atoms with E-state index in [0.29, 0.717) is 44.9 Å². The Kier molecular flexibility index (Phi) is 16.8. The van der Waals surface area contributed by atoms with E-state index in [2.05, 4.69) is 42.5 Å². The van der Waals surface area contributed by atoms with Crippen LogP contribution in [0.3, 0.4) is 0 Å². The molecule has 6 rings (SSSR count). The summed E-state index contributed by atoms with van der Waals surface area (Å²) in [6.45, 7) is 0. The van der Waals surface area contributed by atoms with Gasteiger partial charge in [0.05, 0.1) is 12.1 Å². The smallest absolute Gasteiger partial charge is 1.00 e. The minimum absolute atomic E-state index is 0. The maximum absolute atomic E-state index is 12.4. The molecular formula is C30H25Br2HgN2Na2O9S. The molecule has 233 valence electrons. The molecule has 0 spiro atoms. The topological polar surface area (TPSA) is 203 Å². The molecule has 3 heterocycles. The SMILES string of the molecule is O.O=C(O)CCCC[C@@H]1SC[C@@H]2NC(=O)N[C@@H]21.O=C([O-])c1ccccc1-c1c2cc(Br)c(=O)cc-2oc2[c]([Hg])c([O-])c(Br)cc12.[Na+].[Na+]. The normalized spacial score (nSPS) is 17.6. The van der Waals surface area contributed by atoms with E-state index in [1.54, 1.807) is 30.3 Å². The third-order valence-electron chi connectivity index (χ3n) is 7.55. The van der Waals surface area contributed by atoms with Crippen molar-refractivity contribution in [1.82, 2.24) is 10.6 Å². The number of rotatable bonds is 7. The van der Waals surface area contributed by atoms with Crippen molar-refractivity contribution in [2.45, 2.75) is 43.0 Å². The van der Waals surface area contributed by atoms with Gasteiger partial charge in [-0.2, -0.15) is 11.8 Å². The van der Waals surface area contributed by atoms with Crippen molar-refractivity contribution in [3.63, 3.8) is 0 Å². The number of aliphatic carboxylic acids is 1. The Labute approximate surface area is 350 Å². The maximum Gasteiger partial charge on any atom is 1.00 e. The number of carboxylic acid groups (broad SMARTS) is 2. The molecule has 1 aliphatic carbocycles. The molecule has 3 aliphatic heterocycles. The Balaban J connectivity index is 0.000000349. The van der Waals surface area contributed by atoms with E-state index in [4.69, 9.17) is 9.52 Å². The fraction of sp³-hybridized carbons (Fsp3) is 0.267. The van der Waals surface area contributed by atoms with Crippen LogP contribution in [0.4, 0.5) is 4.79 Å². The Morgan fingerprint density at radius 1 is 1.04 bits per heavy atom. The molecule has 17 heteroatoms. The van der Waals surface area contributed by atoms with Gasteiger partial charge >= 0.3 is 264 Å². The molecule has 0 radical (unpaired) electrons. The molecule has 0 unspecified atom stereocenters. The van der Waals surface area contributed by atoms with Gasteiger partial charge in [0.15, 0.2) is 0 Å². The van der Waals surface area contributed by atoms with Crippen LogP contribution in [-0.4, -0.2) is 51.6 Å². The number of hydrogen-bond acceptors (Lipinski definition) is 8. The molecule has 47 heavy (non-hydrogen) atoms. The predicted octanol–water partition coefficient (Wildman–Crippen LogP) is -3.32. The minimum Gasteiger partial charge on any atom is 1.00 e. The van der Waals surface area contributed by atoms with Gasteiger partial charge in [-0.25, -0.2) is 4.79 Å². The average molecular weight is 996 g/mol. The Morgan fingerprint density at radius 3 is 2.43 bits per heavy atom. The number of unbranched alkanes of at least 4 members (excludes halogenated alkanes) is 1. The molecule has 0 saturated carbocycles.